The highest BCUT2D eigenvalue weighted by atomic mass is 15.3. The van der Waals surface area contributed by atoms with Gasteiger partial charge in [-0.1, -0.05) is 26.0 Å². The molecule has 1 saturated heterocycles. The third-order valence-corrected chi connectivity index (χ3v) is 4.22. The Bertz CT molecular complexity index is 237. The molecule has 92 valence electrons. The number of hydrogen-bond donors (Lipinski definition) is 1. The van der Waals surface area contributed by atoms with E-state index < -0.39 is 0 Å². The molecule has 2 aliphatic rings. The van der Waals surface area contributed by atoms with E-state index in [0.29, 0.717) is 6.04 Å². The molecule has 0 radical (unpaired) electrons. The Morgan fingerprint density at radius 3 is 2.75 bits per heavy atom. The maximum absolute atomic E-state index is 3.68. The van der Waals surface area contributed by atoms with Gasteiger partial charge in [-0.3, -0.25) is 4.90 Å². The molecule has 2 rings (SSSR count). The topological polar surface area (TPSA) is 15.3 Å². The number of nitrogens with zero attached hydrogens (tertiary/aromatic N) is 1. The quantitative estimate of drug-likeness (QED) is 0.738. The van der Waals surface area contributed by atoms with Crippen molar-refractivity contribution in [3.63, 3.8) is 0 Å². The lowest BCUT2D eigenvalue weighted by molar-refractivity contribution is 0.0727. The van der Waals surface area contributed by atoms with Crippen molar-refractivity contribution >= 4 is 0 Å². The summed E-state index contributed by atoms with van der Waals surface area (Å²) in [6.45, 7) is 7.07. The zero-order valence-electron chi connectivity index (χ0n) is 10.8. The molecule has 0 spiro atoms. The van der Waals surface area contributed by atoms with Crippen LogP contribution in [0.1, 0.15) is 46.0 Å². The predicted molar refractivity (Wildman–Crippen MR) is 69.6 cm³/mol. The molecule has 16 heavy (non-hydrogen) atoms. The van der Waals surface area contributed by atoms with Gasteiger partial charge in [-0.2, -0.15) is 0 Å². The Morgan fingerprint density at radius 1 is 1.25 bits per heavy atom. The van der Waals surface area contributed by atoms with Crippen molar-refractivity contribution in [2.75, 3.05) is 13.1 Å². The van der Waals surface area contributed by atoms with Crippen molar-refractivity contribution in [2.45, 2.75) is 64.1 Å². The Labute approximate surface area is 100 Å². The standard InChI is InChI=1S/C14H26N2/c1-3-12-11-16(13(4-2)10-15-12)14-8-6-5-7-9-14/h5-6,12-15H,3-4,7-11H2,1-2H3. The van der Waals surface area contributed by atoms with Gasteiger partial charge in [-0.05, 0) is 32.1 Å². The first-order valence-electron chi connectivity index (χ1n) is 6.99. The van der Waals surface area contributed by atoms with Crippen molar-refractivity contribution in [1.29, 1.82) is 0 Å². The molecular weight excluding hydrogens is 196 g/mol. The number of piperazine rings is 1. The fourth-order valence-electron chi connectivity index (χ4n) is 3.07. The monoisotopic (exact) mass is 222 g/mol. The maximum atomic E-state index is 3.68. The van der Waals surface area contributed by atoms with E-state index in [0.717, 1.165) is 12.1 Å². The average molecular weight is 222 g/mol. The summed E-state index contributed by atoms with van der Waals surface area (Å²) in [5.74, 6) is 0. The van der Waals surface area contributed by atoms with E-state index in [1.165, 1.54) is 45.2 Å². The Hall–Kier alpha value is -0.340. The summed E-state index contributed by atoms with van der Waals surface area (Å²) >= 11 is 0. The predicted octanol–water partition coefficient (Wildman–Crippen LogP) is 2.56. The van der Waals surface area contributed by atoms with Crippen LogP contribution in [0.25, 0.3) is 0 Å². The van der Waals surface area contributed by atoms with Gasteiger partial charge in [0.1, 0.15) is 0 Å². The van der Waals surface area contributed by atoms with Crippen LogP contribution in [0.5, 0.6) is 0 Å². The lowest BCUT2D eigenvalue weighted by Gasteiger charge is -2.45. The van der Waals surface area contributed by atoms with Gasteiger partial charge in [-0.25, -0.2) is 0 Å². The van der Waals surface area contributed by atoms with Crippen molar-refractivity contribution < 1.29 is 0 Å². The van der Waals surface area contributed by atoms with Crippen LogP contribution in [0, 0.1) is 0 Å². The van der Waals surface area contributed by atoms with E-state index in [-0.39, 0.29) is 0 Å². The molecule has 1 aliphatic carbocycles. The zero-order valence-corrected chi connectivity index (χ0v) is 10.8. The summed E-state index contributed by atoms with van der Waals surface area (Å²) in [6, 6.07) is 2.29. The summed E-state index contributed by atoms with van der Waals surface area (Å²) in [4.78, 5) is 2.79. The van der Waals surface area contributed by atoms with Crippen LogP contribution in [-0.4, -0.2) is 36.1 Å². The van der Waals surface area contributed by atoms with Gasteiger partial charge < -0.3 is 5.32 Å². The van der Waals surface area contributed by atoms with Gasteiger partial charge in [0.15, 0.2) is 0 Å². The van der Waals surface area contributed by atoms with E-state index in [2.05, 4.69) is 36.2 Å². The molecule has 0 saturated carbocycles. The van der Waals surface area contributed by atoms with Crippen LogP contribution in [-0.2, 0) is 0 Å². The summed E-state index contributed by atoms with van der Waals surface area (Å²) in [7, 11) is 0. The third kappa shape index (κ3) is 2.67. The van der Waals surface area contributed by atoms with Gasteiger partial charge in [0, 0.05) is 31.2 Å². The Morgan fingerprint density at radius 2 is 2.12 bits per heavy atom. The second-order valence-corrected chi connectivity index (χ2v) is 5.21. The molecule has 3 atom stereocenters. The molecule has 2 nitrogen and oxygen atoms in total. The molecule has 3 unspecified atom stereocenters. The van der Waals surface area contributed by atoms with E-state index >= 15 is 0 Å². The first kappa shape index (κ1) is 12.1. The first-order valence-corrected chi connectivity index (χ1v) is 6.99. The molecule has 0 aromatic heterocycles. The fourth-order valence-corrected chi connectivity index (χ4v) is 3.07. The largest absolute Gasteiger partial charge is 0.311 e. The van der Waals surface area contributed by atoms with Gasteiger partial charge in [0.2, 0.25) is 0 Å². The molecule has 2 heteroatoms. The van der Waals surface area contributed by atoms with Gasteiger partial charge in [0.25, 0.3) is 0 Å². The molecule has 0 aromatic carbocycles. The van der Waals surface area contributed by atoms with E-state index in [4.69, 9.17) is 0 Å². The fraction of sp³-hybridized carbons (Fsp3) is 0.857. The van der Waals surface area contributed by atoms with Crippen molar-refractivity contribution in [3.05, 3.63) is 12.2 Å². The third-order valence-electron chi connectivity index (χ3n) is 4.22. The minimum Gasteiger partial charge on any atom is -0.311 e. The molecule has 0 bridgehead atoms. The molecule has 0 aromatic rings. The van der Waals surface area contributed by atoms with E-state index in [9.17, 15) is 0 Å². The molecule has 1 fully saturated rings. The van der Waals surface area contributed by atoms with Crippen molar-refractivity contribution in [3.8, 4) is 0 Å². The van der Waals surface area contributed by atoms with Gasteiger partial charge in [0.05, 0.1) is 0 Å². The first-order chi connectivity index (χ1) is 7.85. The van der Waals surface area contributed by atoms with E-state index in [1.54, 1.807) is 0 Å². The summed E-state index contributed by atoms with van der Waals surface area (Å²) in [5.41, 5.74) is 0. The van der Waals surface area contributed by atoms with Gasteiger partial charge in [-0.15, -0.1) is 0 Å². The number of hydrogen-bond acceptors (Lipinski definition) is 2. The van der Waals surface area contributed by atoms with Crippen molar-refractivity contribution in [1.82, 2.24) is 10.2 Å². The molecule has 1 heterocycles. The summed E-state index contributed by atoms with van der Waals surface area (Å²) in [5, 5.41) is 3.68. The Balaban J connectivity index is 1.99. The van der Waals surface area contributed by atoms with Gasteiger partial charge >= 0.3 is 0 Å². The average Bonchev–Trinajstić information content (AvgIpc) is 2.39. The molecule has 0 amide bonds. The lowest BCUT2D eigenvalue weighted by Crippen LogP contribution is -2.59. The van der Waals surface area contributed by atoms with Crippen LogP contribution in [0.4, 0.5) is 0 Å². The normalized spacial score (nSPS) is 36.5. The smallest absolute Gasteiger partial charge is 0.0221 e. The molecule has 1 aliphatic heterocycles. The lowest BCUT2D eigenvalue weighted by atomic mass is 9.95. The highest BCUT2D eigenvalue weighted by Crippen LogP contribution is 2.23. The minimum atomic E-state index is 0.716. The number of rotatable bonds is 3. The van der Waals surface area contributed by atoms with Crippen molar-refractivity contribution in [2.24, 2.45) is 0 Å². The SMILES string of the molecule is CCC1CN(C2CC=CCC2)C(CC)CN1. The van der Waals surface area contributed by atoms with Crippen LogP contribution >= 0.6 is 0 Å². The molecular formula is C14H26N2. The Kier molecular flexibility index (Phi) is 4.42. The summed E-state index contributed by atoms with van der Waals surface area (Å²) in [6.07, 6.45) is 11.2. The summed E-state index contributed by atoms with van der Waals surface area (Å²) < 4.78 is 0. The van der Waals surface area contributed by atoms with Crippen LogP contribution in [0.3, 0.4) is 0 Å². The van der Waals surface area contributed by atoms with Crippen LogP contribution in [0.2, 0.25) is 0 Å². The second kappa shape index (κ2) is 5.83. The number of allylic oxidation sites excluding steroid dienone is 1. The van der Waals surface area contributed by atoms with Crippen LogP contribution < -0.4 is 5.32 Å². The second-order valence-electron chi connectivity index (χ2n) is 5.21. The zero-order chi connectivity index (χ0) is 11.4. The minimum absolute atomic E-state index is 0.716. The highest BCUT2D eigenvalue weighted by molar-refractivity contribution is 4.97. The van der Waals surface area contributed by atoms with Crippen LogP contribution in [0.15, 0.2) is 12.2 Å². The van der Waals surface area contributed by atoms with E-state index in [1.807, 2.05) is 0 Å². The molecule has 1 N–H and O–H groups in total. The maximum Gasteiger partial charge on any atom is 0.0221 e. The highest BCUT2D eigenvalue weighted by Gasteiger charge is 2.30. The number of nitrogens with one attached hydrogen (secondary N) is 1.